The Hall–Kier alpha value is -5.80. The van der Waals surface area contributed by atoms with E-state index < -0.39 is 0 Å². The van der Waals surface area contributed by atoms with Crippen molar-refractivity contribution in [2.24, 2.45) is 0 Å². The summed E-state index contributed by atoms with van der Waals surface area (Å²) in [6, 6.07) is 56.8. The Morgan fingerprint density at radius 2 is 0.694 bits per heavy atom. The smallest absolute Gasteiger partial charge is 0.252 e. The standard InChI is InChI=1S/C46H37BN2/c1-30-8-16-34(17-9-30)36-20-26-42-40(28-36)47-41-29-37(35-18-10-31(2)11-19-35)21-27-43(41)49(39-24-14-33(4)15-25-39)45-7-5-6-44(46(45)47)48(42)38-22-12-32(3)13-23-38/h5-29H,1-4H3. The number of anilines is 6. The summed E-state index contributed by atoms with van der Waals surface area (Å²) in [5.41, 5.74) is 21.2. The summed E-state index contributed by atoms with van der Waals surface area (Å²) in [6.07, 6.45) is 0. The molecule has 0 unspecified atom stereocenters. The summed E-state index contributed by atoms with van der Waals surface area (Å²) < 4.78 is 0. The summed E-state index contributed by atoms with van der Waals surface area (Å²) in [7, 11) is 0. The summed E-state index contributed by atoms with van der Waals surface area (Å²) in [4.78, 5) is 4.95. The Kier molecular flexibility index (Phi) is 6.84. The van der Waals surface area contributed by atoms with Crippen LogP contribution in [0.5, 0.6) is 0 Å². The molecule has 0 saturated heterocycles. The van der Waals surface area contributed by atoms with Gasteiger partial charge >= 0.3 is 0 Å². The molecule has 0 fully saturated rings. The molecule has 2 aliphatic rings. The molecule has 0 radical (unpaired) electrons. The van der Waals surface area contributed by atoms with E-state index in [9.17, 15) is 0 Å². The van der Waals surface area contributed by atoms with Gasteiger partial charge in [-0.3, -0.25) is 0 Å². The van der Waals surface area contributed by atoms with Crippen LogP contribution in [0.2, 0.25) is 0 Å². The van der Waals surface area contributed by atoms with E-state index in [0.29, 0.717) is 0 Å². The van der Waals surface area contributed by atoms with Crippen LogP contribution in [0.25, 0.3) is 22.3 Å². The highest BCUT2D eigenvalue weighted by molar-refractivity contribution is 7.00. The average molecular weight is 629 g/mol. The third-order valence-electron chi connectivity index (χ3n) is 10.3. The number of fused-ring (bicyclic) bond motifs is 4. The molecule has 0 aliphatic carbocycles. The maximum Gasteiger partial charge on any atom is 0.252 e. The Morgan fingerprint density at radius 3 is 1.08 bits per heavy atom. The second-order valence-electron chi connectivity index (χ2n) is 13.8. The van der Waals surface area contributed by atoms with Crippen LogP contribution < -0.4 is 26.2 Å². The third-order valence-corrected chi connectivity index (χ3v) is 10.3. The summed E-state index contributed by atoms with van der Waals surface area (Å²) in [5, 5.41) is 0. The molecule has 2 aliphatic heterocycles. The van der Waals surface area contributed by atoms with Gasteiger partial charge in [-0.1, -0.05) is 125 Å². The number of aryl methyl sites for hydroxylation is 4. The van der Waals surface area contributed by atoms with Crippen LogP contribution in [0.15, 0.2) is 152 Å². The van der Waals surface area contributed by atoms with Crippen molar-refractivity contribution in [3.8, 4) is 22.3 Å². The van der Waals surface area contributed by atoms with Gasteiger partial charge in [0.1, 0.15) is 0 Å². The van der Waals surface area contributed by atoms with Gasteiger partial charge in [-0.2, -0.15) is 0 Å². The summed E-state index contributed by atoms with van der Waals surface area (Å²) in [5.74, 6) is 0. The lowest BCUT2D eigenvalue weighted by Crippen LogP contribution is -2.61. The fraction of sp³-hybridized carbons (Fsp3) is 0.0870. The zero-order valence-electron chi connectivity index (χ0n) is 28.4. The number of rotatable bonds is 4. The lowest BCUT2D eigenvalue weighted by atomic mass is 9.33. The maximum atomic E-state index is 2.48. The molecule has 0 aromatic heterocycles. The van der Waals surface area contributed by atoms with Crippen molar-refractivity contribution in [3.63, 3.8) is 0 Å². The summed E-state index contributed by atoms with van der Waals surface area (Å²) in [6.45, 7) is 8.67. The molecule has 0 spiro atoms. The molecule has 0 bridgehead atoms. The fourth-order valence-corrected chi connectivity index (χ4v) is 7.74. The first kappa shape index (κ1) is 29.4. The van der Waals surface area contributed by atoms with Crippen LogP contribution in [0.3, 0.4) is 0 Å². The molecule has 0 atom stereocenters. The lowest BCUT2D eigenvalue weighted by molar-refractivity contribution is 1.25. The average Bonchev–Trinajstić information content (AvgIpc) is 3.13. The maximum absolute atomic E-state index is 2.48. The van der Waals surface area contributed by atoms with E-state index >= 15 is 0 Å². The van der Waals surface area contributed by atoms with E-state index in [2.05, 4.69) is 189 Å². The predicted octanol–water partition coefficient (Wildman–Crippen LogP) is 10.3. The SMILES string of the molecule is Cc1ccc(-c2ccc3c(c2)B2c4cc(-c5ccc(C)cc5)ccc4N(c4ccc(C)cc4)c4cccc(c42)N3c2ccc(C)cc2)cc1. The zero-order chi connectivity index (χ0) is 33.2. The minimum absolute atomic E-state index is 0.0513. The van der Waals surface area contributed by atoms with E-state index in [1.54, 1.807) is 0 Å². The van der Waals surface area contributed by atoms with E-state index in [0.717, 1.165) is 0 Å². The molecule has 2 heterocycles. The van der Waals surface area contributed by atoms with Gasteiger partial charge in [0, 0.05) is 34.1 Å². The first-order valence-corrected chi connectivity index (χ1v) is 17.2. The van der Waals surface area contributed by atoms with E-state index in [1.165, 1.54) is 95.0 Å². The van der Waals surface area contributed by atoms with Gasteiger partial charge in [0.05, 0.1) is 0 Å². The Labute approximate surface area is 290 Å². The molecular formula is C46H37BN2. The van der Waals surface area contributed by atoms with Crippen LogP contribution in [0.1, 0.15) is 22.3 Å². The second kappa shape index (κ2) is 11.4. The van der Waals surface area contributed by atoms with Gasteiger partial charge in [0.2, 0.25) is 0 Å². The molecule has 7 aromatic rings. The first-order chi connectivity index (χ1) is 23.9. The van der Waals surface area contributed by atoms with Crippen molar-refractivity contribution in [1.29, 1.82) is 0 Å². The van der Waals surface area contributed by atoms with E-state index in [-0.39, 0.29) is 6.71 Å². The molecule has 9 rings (SSSR count). The lowest BCUT2D eigenvalue weighted by Gasteiger charge is -2.44. The minimum Gasteiger partial charge on any atom is -0.311 e. The Balaban J connectivity index is 1.35. The number of benzene rings is 7. The Bertz CT molecular complexity index is 2190. The molecule has 2 nitrogen and oxygen atoms in total. The largest absolute Gasteiger partial charge is 0.311 e. The molecule has 234 valence electrons. The molecule has 0 amide bonds. The van der Waals surface area contributed by atoms with Crippen molar-refractivity contribution in [3.05, 3.63) is 174 Å². The zero-order valence-corrected chi connectivity index (χ0v) is 28.4. The van der Waals surface area contributed by atoms with Gasteiger partial charge in [0.25, 0.3) is 6.71 Å². The molecule has 0 saturated carbocycles. The highest BCUT2D eigenvalue weighted by Crippen LogP contribution is 2.44. The van der Waals surface area contributed by atoms with Crippen molar-refractivity contribution in [2.45, 2.75) is 27.7 Å². The molecule has 7 aromatic carbocycles. The van der Waals surface area contributed by atoms with Crippen LogP contribution in [0, 0.1) is 27.7 Å². The first-order valence-electron chi connectivity index (χ1n) is 17.2. The number of nitrogens with zero attached hydrogens (tertiary/aromatic N) is 2. The molecular weight excluding hydrogens is 591 g/mol. The normalized spacial score (nSPS) is 12.8. The molecule has 49 heavy (non-hydrogen) atoms. The highest BCUT2D eigenvalue weighted by Gasteiger charge is 2.43. The number of hydrogen-bond acceptors (Lipinski definition) is 2. The van der Waals surface area contributed by atoms with Crippen LogP contribution in [-0.4, -0.2) is 6.71 Å². The molecule has 0 N–H and O–H groups in total. The second-order valence-corrected chi connectivity index (χ2v) is 13.8. The summed E-state index contributed by atoms with van der Waals surface area (Å²) >= 11 is 0. The topological polar surface area (TPSA) is 6.48 Å². The van der Waals surface area contributed by atoms with Crippen LogP contribution in [0.4, 0.5) is 34.1 Å². The monoisotopic (exact) mass is 628 g/mol. The van der Waals surface area contributed by atoms with Crippen LogP contribution in [-0.2, 0) is 0 Å². The van der Waals surface area contributed by atoms with Gasteiger partial charge in [0.15, 0.2) is 0 Å². The van der Waals surface area contributed by atoms with Crippen molar-refractivity contribution in [1.82, 2.24) is 0 Å². The minimum atomic E-state index is 0.0513. The van der Waals surface area contributed by atoms with Crippen LogP contribution >= 0.6 is 0 Å². The Morgan fingerprint density at radius 1 is 0.347 bits per heavy atom. The van der Waals surface area contributed by atoms with Gasteiger partial charge in [-0.25, -0.2) is 0 Å². The van der Waals surface area contributed by atoms with E-state index in [1.807, 2.05) is 0 Å². The molecule has 3 heteroatoms. The van der Waals surface area contributed by atoms with Crippen molar-refractivity contribution >= 4 is 57.2 Å². The third kappa shape index (κ3) is 4.88. The van der Waals surface area contributed by atoms with Crippen molar-refractivity contribution in [2.75, 3.05) is 9.80 Å². The van der Waals surface area contributed by atoms with Gasteiger partial charge in [-0.15, -0.1) is 0 Å². The number of hydrogen-bond donors (Lipinski definition) is 0. The quantitative estimate of drug-likeness (QED) is 0.179. The highest BCUT2D eigenvalue weighted by atomic mass is 15.2. The fourth-order valence-electron chi connectivity index (χ4n) is 7.74. The predicted molar refractivity (Wildman–Crippen MR) is 210 cm³/mol. The van der Waals surface area contributed by atoms with E-state index in [4.69, 9.17) is 0 Å². The van der Waals surface area contributed by atoms with Gasteiger partial charge in [-0.05, 0) is 115 Å². The van der Waals surface area contributed by atoms with Crippen molar-refractivity contribution < 1.29 is 0 Å². The van der Waals surface area contributed by atoms with Gasteiger partial charge < -0.3 is 9.80 Å².